The maximum absolute atomic E-state index is 13.4. The molecule has 0 fully saturated rings. The van der Waals surface area contributed by atoms with Crippen molar-refractivity contribution in [3.05, 3.63) is 102 Å². The number of sulfonamides is 1. The Morgan fingerprint density at radius 3 is 2.34 bits per heavy atom. The van der Waals surface area contributed by atoms with E-state index in [1.807, 2.05) is 66.7 Å². The molecule has 0 radical (unpaired) electrons. The highest BCUT2D eigenvalue weighted by Crippen LogP contribution is 2.42. The van der Waals surface area contributed by atoms with E-state index in [2.05, 4.69) is 4.40 Å². The average molecular weight is 494 g/mol. The summed E-state index contributed by atoms with van der Waals surface area (Å²) < 4.78 is 43.0. The molecule has 2 atom stereocenters. The number of aliphatic hydroxyl groups excluding tert-OH is 1. The van der Waals surface area contributed by atoms with Gasteiger partial charge in [0.25, 0.3) is 10.0 Å². The third-order valence-corrected chi connectivity index (χ3v) is 8.01. The smallest absolute Gasteiger partial charge is 0.267 e. The monoisotopic (exact) mass is 493 g/mol. The van der Waals surface area contributed by atoms with Crippen molar-refractivity contribution in [1.82, 2.24) is 0 Å². The maximum Gasteiger partial charge on any atom is 0.267 e. The number of aliphatic hydroxyl groups is 1. The Morgan fingerprint density at radius 2 is 1.69 bits per heavy atom. The second kappa shape index (κ2) is 10.6. The van der Waals surface area contributed by atoms with Gasteiger partial charge >= 0.3 is 0 Å². The van der Waals surface area contributed by atoms with Crippen LogP contribution in [0.5, 0.6) is 5.75 Å². The van der Waals surface area contributed by atoms with Crippen LogP contribution in [0.3, 0.4) is 0 Å². The topological polar surface area (TPSA) is 85.2 Å². The molecule has 0 saturated carbocycles. The van der Waals surface area contributed by atoms with Crippen LogP contribution in [0.15, 0.2) is 89.3 Å². The molecule has 3 aromatic carbocycles. The summed E-state index contributed by atoms with van der Waals surface area (Å²) in [6.07, 6.45) is 0.775. The minimum Gasteiger partial charge on any atom is -0.489 e. The van der Waals surface area contributed by atoms with Crippen molar-refractivity contribution in [2.75, 3.05) is 6.61 Å². The quantitative estimate of drug-likeness (QED) is 0.431. The van der Waals surface area contributed by atoms with Crippen molar-refractivity contribution in [3.63, 3.8) is 0 Å². The fraction of sp³-hybridized carbons (Fsp3) is 0.321. The number of hydrogen-bond acceptors (Lipinski definition) is 5. The number of benzene rings is 3. The van der Waals surface area contributed by atoms with Gasteiger partial charge in [0.1, 0.15) is 23.2 Å². The molecule has 0 amide bonds. The number of ether oxygens (including phenoxy) is 2. The zero-order valence-electron chi connectivity index (χ0n) is 20.0. The third-order valence-electron chi connectivity index (χ3n) is 6.12. The molecule has 0 aliphatic carbocycles. The van der Waals surface area contributed by atoms with Gasteiger partial charge in [-0.05, 0) is 55.0 Å². The molecule has 1 heterocycles. The normalized spacial score (nSPS) is 19.3. The molecule has 1 aliphatic rings. The predicted octanol–water partition coefficient (Wildman–Crippen LogP) is 5.40. The Bertz CT molecular complexity index is 1260. The van der Waals surface area contributed by atoms with Crippen LogP contribution in [0, 0.1) is 0 Å². The highest BCUT2D eigenvalue weighted by atomic mass is 32.2. The second-order valence-corrected chi connectivity index (χ2v) is 10.9. The van der Waals surface area contributed by atoms with Crippen LogP contribution >= 0.6 is 0 Å². The lowest BCUT2D eigenvalue weighted by Gasteiger charge is -2.38. The highest BCUT2D eigenvalue weighted by Gasteiger charge is 2.47. The lowest BCUT2D eigenvalue weighted by molar-refractivity contribution is 0.0797. The summed E-state index contributed by atoms with van der Waals surface area (Å²) in [4.78, 5) is 0. The standard InChI is InChI=1S/C28H31NO5S/c1-28(2)27(24-14-9-15-25(18-24)33-20-21-10-5-3-6-11-21)35(31,32)29-26(34-28)19-23(16-17-30)22-12-7-4-8-13-22/h3-15,18,23,27,30H,16-17,19-20H2,1-2H3/t23-,27?/m1/s1. The number of hydrogen-bond donors (Lipinski definition) is 1. The first-order valence-corrected chi connectivity index (χ1v) is 13.2. The Morgan fingerprint density at radius 1 is 1.00 bits per heavy atom. The van der Waals surface area contributed by atoms with Gasteiger partial charge in [-0.15, -0.1) is 4.40 Å². The van der Waals surface area contributed by atoms with Crippen LogP contribution in [0.1, 0.15) is 54.5 Å². The Labute approximate surface area is 207 Å². The summed E-state index contributed by atoms with van der Waals surface area (Å²) in [5.74, 6) is 0.654. The molecular formula is C28H31NO5S. The average Bonchev–Trinajstić information content (AvgIpc) is 2.82. The second-order valence-electron chi connectivity index (χ2n) is 9.26. The van der Waals surface area contributed by atoms with Gasteiger partial charge in [-0.2, -0.15) is 0 Å². The molecule has 184 valence electrons. The van der Waals surface area contributed by atoms with E-state index < -0.39 is 20.9 Å². The zero-order chi connectivity index (χ0) is 24.9. The van der Waals surface area contributed by atoms with Gasteiger partial charge in [0.15, 0.2) is 0 Å². The largest absolute Gasteiger partial charge is 0.489 e. The number of nitrogens with zero attached hydrogens (tertiary/aromatic N) is 1. The summed E-state index contributed by atoms with van der Waals surface area (Å²) in [6.45, 7) is 3.91. The SMILES string of the molecule is CC1(C)OC(C[C@@H](CCO)c2ccccc2)=NS(=O)(=O)C1c1cccc(OCc2ccccc2)c1. The minimum atomic E-state index is -3.92. The van der Waals surface area contributed by atoms with E-state index >= 15 is 0 Å². The molecule has 0 bridgehead atoms. The van der Waals surface area contributed by atoms with Crippen molar-refractivity contribution < 1.29 is 23.0 Å². The van der Waals surface area contributed by atoms with Crippen LogP contribution < -0.4 is 4.74 Å². The Balaban J connectivity index is 1.57. The van der Waals surface area contributed by atoms with Gasteiger partial charge in [-0.25, -0.2) is 8.42 Å². The Hall–Kier alpha value is -3.16. The van der Waals surface area contributed by atoms with E-state index in [-0.39, 0.29) is 18.4 Å². The number of rotatable bonds is 9. The van der Waals surface area contributed by atoms with Gasteiger partial charge in [0.2, 0.25) is 5.90 Å². The maximum atomic E-state index is 13.4. The molecule has 7 heteroatoms. The first-order chi connectivity index (χ1) is 16.8. The molecule has 1 unspecified atom stereocenters. The van der Waals surface area contributed by atoms with Gasteiger partial charge in [0, 0.05) is 13.0 Å². The fourth-order valence-corrected chi connectivity index (χ4v) is 6.33. The molecule has 3 aromatic rings. The summed E-state index contributed by atoms with van der Waals surface area (Å²) in [5, 5.41) is 8.58. The minimum absolute atomic E-state index is 0.0125. The van der Waals surface area contributed by atoms with E-state index in [4.69, 9.17) is 9.47 Å². The fourth-order valence-electron chi connectivity index (χ4n) is 4.57. The van der Waals surface area contributed by atoms with Crippen molar-refractivity contribution in [1.29, 1.82) is 0 Å². The van der Waals surface area contributed by atoms with Gasteiger partial charge in [-0.3, -0.25) is 0 Å². The van der Waals surface area contributed by atoms with Crippen molar-refractivity contribution in [3.8, 4) is 5.75 Å². The molecule has 6 nitrogen and oxygen atoms in total. The van der Waals surface area contributed by atoms with Crippen LogP contribution in [0.25, 0.3) is 0 Å². The van der Waals surface area contributed by atoms with Crippen LogP contribution in [-0.2, 0) is 21.4 Å². The first kappa shape index (κ1) is 24.9. The van der Waals surface area contributed by atoms with Crippen LogP contribution in [-0.4, -0.2) is 31.6 Å². The van der Waals surface area contributed by atoms with E-state index in [1.54, 1.807) is 32.0 Å². The third kappa shape index (κ3) is 6.10. The van der Waals surface area contributed by atoms with E-state index in [9.17, 15) is 13.5 Å². The zero-order valence-corrected chi connectivity index (χ0v) is 20.8. The summed E-state index contributed by atoms with van der Waals surface area (Å²) in [5.41, 5.74) is 1.55. The molecule has 1 aliphatic heterocycles. The molecule has 0 saturated heterocycles. The van der Waals surface area contributed by atoms with Crippen molar-refractivity contribution >= 4 is 15.9 Å². The van der Waals surface area contributed by atoms with Gasteiger partial charge < -0.3 is 14.6 Å². The van der Waals surface area contributed by atoms with Gasteiger partial charge in [0.05, 0.1) is 0 Å². The van der Waals surface area contributed by atoms with E-state index in [1.165, 1.54) is 0 Å². The molecule has 1 N–H and O–H groups in total. The van der Waals surface area contributed by atoms with Crippen LogP contribution in [0.4, 0.5) is 0 Å². The lowest BCUT2D eigenvalue weighted by Crippen LogP contribution is -2.43. The predicted molar refractivity (Wildman–Crippen MR) is 137 cm³/mol. The summed E-state index contributed by atoms with van der Waals surface area (Å²) >= 11 is 0. The Kier molecular flexibility index (Phi) is 7.57. The first-order valence-electron chi connectivity index (χ1n) is 11.7. The van der Waals surface area contributed by atoms with Crippen molar-refractivity contribution in [2.24, 2.45) is 4.40 Å². The van der Waals surface area contributed by atoms with Crippen molar-refractivity contribution in [2.45, 2.75) is 50.1 Å². The lowest BCUT2D eigenvalue weighted by atomic mass is 9.92. The molecule has 35 heavy (non-hydrogen) atoms. The van der Waals surface area contributed by atoms with E-state index in [0.29, 0.717) is 30.8 Å². The molecule has 0 aromatic heterocycles. The van der Waals surface area contributed by atoms with Crippen LogP contribution in [0.2, 0.25) is 0 Å². The molecule has 4 rings (SSSR count). The molecular weight excluding hydrogens is 462 g/mol. The highest BCUT2D eigenvalue weighted by molar-refractivity contribution is 7.90. The van der Waals surface area contributed by atoms with E-state index in [0.717, 1.165) is 11.1 Å². The summed E-state index contributed by atoms with van der Waals surface area (Å²) in [7, 11) is -3.92. The molecule has 0 spiro atoms. The summed E-state index contributed by atoms with van der Waals surface area (Å²) in [6, 6.07) is 26.6. The van der Waals surface area contributed by atoms with Gasteiger partial charge in [-0.1, -0.05) is 72.8 Å².